The Morgan fingerprint density at radius 3 is 2.50 bits per heavy atom. The van der Waals surface area contributed by atoms with E-state index < -0.39 is 0 Å². The van der Waals surface area contributed by atoms with Gasteiger partial charge in [0.1, 0.15) is 5.75 Å². The highest BCUT2D eigenvalue weighted by Crippen LogP contribution is 2.09. The van der Waals surface area contributed by atoms with Crippen molar-refractivity contribution in [2.45, 2.75) is 0 Å². The van der Waals surface area contributed by atoms with Crippen molar-refractivity contribution in [3.63, 3.8) is 0 Å². The third-order valence-corrected chi connectivity index (χ3v) is 1.90. The van der Waals surface area contributed by atoms with Crippen LogP contribution in [0.25, 0.3) is 0 Å². The van der Waals surface area contributed by atoms with Gasteiger partial charge in [-0.15, -0.1) is 0 Å². The summed E-state index contributed by atoms with van der Waals surface area (Å²) in [5.41, 5.74) is 3.27. The number of ether oxygens (including phenoxy) is 1. The van der Waals surface area contributed by atoms with Crippen molar-refractivity contribution < 1.29 is 9.53 Å². The number of carbonyl (C=O) groups excluding carboxylic acids is 1. The zero-order chi connectivity index (χ0) is 12.0. The molecule has 1 aromatic rings. The van der Waals surface area contributed by atoms with Gasteiger partial charge in [-0.1, -0.05) is 0 Å². The molecule has 5 heteroatoms. The second kappa shape index (κ2) is 5.75. The van der Waals surface area contributed by atoms with Gasteiger partial charge < -0.3 is 9.64 Å². The number of carbonyl (C=O) groups is 1. The number of methoxy groups -OCH3 is 1. The van der Waals surface area contributed by atoms with Crippen LogP contribution in [0.5, 0.6) is 5.75 Å². The van der Waals surface area contributed by atoms with E-state index in [0.717, 1.165) is 11.3 Å². The van der Waals surface area contributed by atoms with Crippen molar-refractivity contribution in [1.82, 2.24) is 10.3 Å². The first kappa shape index (κ1) is 12.0. The van der Waals surface area contributed by atoms with Gasteiger partial charge in [0.25, 0.3) is 0 Å². The topological polar surface area (TPSA) is 53.9 Å². The fourth-order valence-corrected chi connectivity index (χ4v) is 0.952. The van der Waals surface area contributed by atoms with Crippen LogP contribution in [0.3, 0.4) is 0 Å². The van der Waals surface area contributed by atoms with E-state index in [1.54, 1.807) is 27.4 Å². The van der Waals surface area contributed by atoms with Gasteiger partial charge in [0.15, 0.2) is 0 Å². The Morgan fingerprint density at radius 1 is 1.38 bits per heavy atom. The molecule has 2 amide bonds. The highest BCUT2D eigenvalue weighted by atomic mass is 16.5. The Labute approximate surface area is 94.7 Å². The van der Waals surface area contributed by atoms with Gasteiger partial charge in [-0.2, -0.15) is 5.10 Å². The summed E-state index contributed by atoms with van der Waals surface area (Å²) in [6.07, 6.45) is 1.57. The van der Waals surface area contributed by atoms with Gasteiger partial charge in [0.05, 0.1) is 13.3 Å². The lowest BCUT2D eigenvalue weighted by molar-refractivity contribution is 0.218. The van der Waals surface area contributed by atoms with Crippen LogP contribution in [0.1, 0.15) is 5.56 Å². The molecule has 0 heterocycles. The normalized spacial score (nSPS) is 10.2. The quantitative estimate of drug-likeness (QED) is 0.618. The molecule has 0 bridgehead atoms. The zero-order valence-electron chi connectivity index (χ0n) is 9.60. The lowest BCUT2D eigenvalue weighted by Gasteiger charge is -2.07. The summed E-state index contributed by atoms with van der Waals surface area (Å²) < 4.78 is 5.02. The summed E-state index contributed by atoms with van der Waals surface area (Å²) in [5.74, 6) is 0.787. The summed E-state index contributed by atoms with van der Waals surface area (Å²) in [4.78, 5) is 12.5. The minimum Gasteiger partial charge on any atom is -0.497 e. The maximum atomic E-state index is 11.1. The molecule has 0 saturated heterocycles. The van der Waals surface area contributed by atoms with Crippen LogP contribution in [0, 0.1) is 0 Å². The van der Waals surface area contributed by atoms with E-state index in [9.17, 15) is 4.79 Å². The molecule has 0 fully saturated rings. The number of benzene rings is 1. The number of amides is 2. The predicted octanol–water partition coefficient (Wildman–Crippen LogP) is 1.30. The van der Waals surface area contributed by atoms with Crippen LogP contribution < -0.4 is 10.2 Å². The molecule has 0 saturated carbocycles. The zero-order valence-corrected chi connectivity index (χ0v) is 9.60. The van der Waals surface area contributed by atoms with Gasteiger partial charge in [-0.05, 0) is 29.8 Å². The number of hydrogen-bond acceptors (Lipinski definition) is 3. The molecule has 5 nitrogen and oxygen atoms in total. The average molecular weight is 221 g/mol. The number of rotatable bonds is 3. The summed E-state index contributed by atoms with van der Waals surface area (Å²) in [7, 11) is 4.91. The van der Waals surface area contributed by atoms with Crippen molar-refractivity contribution in [3.05, 3.63) is 29.8 Å². The van der Waals surface area contributed by atoms with E-state index in [2.05, 4.69) is 10.5 Å². The van der Waals surface area contributed by atoms with Crippen LogP contribution in [0.15, 0.2) is 29.4 Å². The van der Waals surface area contributed by atoms with E-state index >= 15 is 0 Å². The second-order valence-electron chi connectivity index (χ2n) is 3.34. The largest absolute Gasteiger partial charge is 0.497 e. The summed E-state index contributed by atoms with van der Waals surface area (Å²) in [6, 6.07) is 7.10. The third kappa shape index (κ3) is 3.61. The van der Waals surface area contributed by atoms with E-state index in [4.69, 9.17) is 4.74 Å². The molecular formula is C11H15N3O2. The Bertz CT molecular complexity index is 371. The highest BCUT2D eigenvalue weighted by Gasteiger charge is 1.98. The monoisotopic (exact) mass is 221 g/mol. The van der Waals surface area contributed by atoms with Crippen LogP contribution in [0.2, 0.25) is 0 Å². The second-order valence-corrected chi connectivity index (χ2v) is 3.34. The minimum atomic E-state index is -0.259. The van der Waals surface area contributed by atoms with Crippen molar-refractivity contribution in [2.24, 2.45) is 5.10 Å². The fraction of sp³-hybridized carbons (Fsp3) is 0.273. The first-order valence-electron chi connectivity index (χ1n) is 4.78. The molecule has 1 aromatic carbocycles. The summed E-state index contributed by atoms with van der Waals surface area (Å²) in [5, 5.41) is 3.81. The van der Waals surface area contributed by atoms with Gasteiger partial charge in [0, 0.05) is 14.1 Å². The summed E-state index contributed by atoms with van der Waals surface area (Å²) >= 11 is 0. The molecule has 1 N–H and O–H groups in total. The van der Waals surface area contributed by atoms with Gasteiger partial charge in [0.2, 0.25) is 0 Å². The van der Waals surface area contributed by atoms with Crippen molar-refractivity contribution in [3.8, 4) is 5.75 Å². The van der Waals surface area contributed by atoms with Crippen molar-refractivity contribution >= 4 is 12.2 Å². The minimum absolute atomic E-state index is 0.259. The first-order chi connectivity index (χ1) is 7.63. The van der Waals surface area contributed by atoms with E-state index in [1.165, 1.54) is 4.90 Å². The molecule has 0 aliphatic heterocycles. The Balaban J connectivity index is 2.53. The number of nitrogens with zero attached hydrogens (tertiary/aromatic N) is 2. The van der Waals surface area contributed by atoms with Gasteiger partial charge >= 0.3 is 6.03 Å². The Kier molecular flexibility index (Phi) is 4.32. The molecule has 0 aromatic heterocycles. The third-order valence-electron chi connectivity index (χ3n) is 1.90. The van der Waals surface area contributed by atoms with Crippen LogP contribution in [-0.4, -0.2) is 38.4 Å². The van der Waals surface area contributed by atoms with Crippen molar-refractivity contribution in [2.75, 3.05) is 21.2 Å². The SMILES string of the molecule is COc1ccc(/C=N/NC(=O)N(C)C)cc1. The molecule has 0 aliphatic rings. The maximum Gasteiger partial charge on any atom is 0.337 e. The molecule has 0 atom stereocenters. The molecule has 16 heavy (non-hydrogen) atoms. The predicted molar refractivity (Wildman–Crippen MR) is 62.8 cm³/mol. The fourth-order valence-electron chi connectivity index (χ4n) is 0.952. The number of urea groups is 1. The smallest absolute Gasteiger partial charge is 0.337 e. The molecule has 86 valence electrons. The molecule has 0 radical (unpaired) electrons. The molecular weight excluding hydrogens is 206 g/mol. The van der Waals surface area contributed by atoms with E-state index in [0.29, 0.717) is 0 Å². The number of hydrazone groups is 1. The molecule has 0 spiro atoms. The number of hydrogen-bond donors (Lipinski definition) is 1. The lowest BCUT2D eigenvalue weighted by Crippen LogP contribution is -2.31. The number of nitrogens with one attached hydrogen (secondary N) is 1. The maximum absolute atomic E-state index is 11.1. The Hall–Kier alpha value is -2.04. The van der Waals surface area contributed by atoms with Crippen LogP contribution >= 0.6 is 0 Å². The highest BCUT2D eigenvalue weighted by molar-refractivity contribution is 5.81. The molecule has 0 unspecified atom stereocenters. The van der Waals surface area contributed by atoms with Crippen LogP contribution in [0.4, 0.5) is 4.79 Å². The van der Waals surface area contributed by atoms with Crippen LogP contribution in [-0.2, 0) is 0 Å². The standard InChI is InChI=1S/C11H15N3O2/c1-14(2)11(15)13-12-8-9-4-6-10(16-3)7-5-9/h4-8H,1-3H3,(H,13,15)/b12-8+. The van der Waals surface area contributed by atoms with Gasteiger partial charge in [-0.3, -0.25) is 0 Å². The molecule has 1 rings (SSSR count). The van der Waals surface area contributed by atoms with Gasteiger partial charge in [-0.25, -0.2) is 10.2 Å². The van der Waals surface area contributed by atoms with E-state index in [1.807, 2.05) is 24.3 Å². The average Bonchev–Trinajstić information content (AvgIpc) is 2.29. The van der Waals surface area contributed by atoms with E-state index in [-0.39, 0.29) is 6.03 Å². The Morgan fingerprint density at radius 2 is 2.00 bits per heavy atom. The lowest BCUT2D eigenvalue weighted by atomic mass is 10.2. The van der Waals surface area contributed by atoms with Crippen molar-refractivity contribution in [1.29, 1.82) is 0 Å². The first-order valence-corrected chi connectivity index (χ1v) is 4.78. The molecule has 0 aliphatic carbocycles. The summed E-state index contributed by atoms with van der Waals surface area (Å²) in [6.45, 7) is 0.